The Morgan fingerprint density at radius 3 is 2.64 bits per heavy atom. The van der Waals surface area contributed by atoms with E-state index in [1.165, 1.54) is 6.07 Å². The SMILES string of the molecule is CC1(C)Oc2ccc3ccc(=O)oc3c2CC1OS(=O)(=O)O. The van der Waals surface area contributed by atoms with Gasteiger partial charge in [-0.2, -0.15) is 8.42 Å². The molecule has 0 saturated heterocycles. The Bertz CT molecular complexity index is 895. The lowest BCUT2D eigenvalue weighted by Crippen LogP contribution is -2.48. The fourth-order valence-electron chi connectivity index (χ4n) is 2.54. The third-order valence-electron chi connectivity index (χ3n) is 3.63. The molecule has 2 aromatic rings. The fraction of sp³-hybridized carbons (Fsp3) is 0.357. The van der Waals surface area contributed by atoms with Crippen molar-refractivity contribution in [2.24, 2.45) is 0 Å². The smallest absolute Gasteiger partial charge is 0.397 e. The molecule has 7 nitrogen and oxygen atoms in total. The van der Waals surface area contributed by atoms with Gasteiger partial charge in [-0.25, -0.2) is 8.98 Å². The molecular formula is C14H14O7S. The third-order valence-corrected chi connectivity index (χ3v) is 4.10. The van der Waals surface area contributed by atoms with E-state index in [4.69, 9.17) is 17.9 Å². The molecule has 0 spiro atoms. The van der Waals surface area contributed by atoms with Gasteiger partial charge in [0.2, 0.25) is 0 Å². The van der Waals surface area contributed by atoms with Gasteiger partial charge in [-0.05, 0) is 32.0 Å². The second kappa shape index (κ2) is 4.80. The molecule has 0 amide bonds. The second-order valence-electron chi connectivity index (χ2n) is 5.64. The summed E-state index contributed by atoms with van der Waals surface area (Å²) >= 11 is 0. The van der Waals surface area contributed by atoms with Gasteiger partial charge in [0, 0.05) is 23.4 Å². The Morgan fingerprint density at radius 1 is 1.27 bits per heavy atom. The van der Waals surface area contributed by atoms with Gasteiger partial charge in [-0.15, -0.1) is 0 Å². The Labute approximate surface area is 126 Å². The number of hydrogen-bond donors (Lipinski definition) is 1. The summed E-state index contributed by atoms with van der Waals surface area (Å²) in [6, 6.07) is 6.38. The Hall–Kier alpha value is -1.90. The van der Waals surface area contributed by atoms with Crippen LogP contribution in [0.15, 0.2) is 33.5 Å². The lowest BCUT2D eigenvalue weighted by atomic mass is 9.90. The van der Waals surface area contributed by atoms with Crippen molar-refractivity contribution in [3.63, 3.8) is 0 Å². The number of hydrogen-bond acceptors (Lipinski definition) is 6. The normalized spacial score (nSPS) is 20.4. The predicted molar refractivity (Wildman–Crippen MR) is 77.3 cm³/mol. The topological polar surface area (TPSA) is 103 Å². The van der Waals surface area contributed by atoms with Crippen LogP contribution >= 0.6 is 0 Å². The molecule has 1 atom stereocenters. The molecule has 8 heteroatoms. The van der Waals surface area contributed by atoms with Gasteiger partial charge in [0.1, 0.15) is 23.0 Å². The minimum Gasteiger partial charge on any atom is -0.485 e. The molecular weight excluding hydrogens is 312 g/mol. The molecule has 1 aromatic carbocycles. The van der Waals surface area contributed by atoms with Crippen molar-refractivity contribution >= 4 is 21.4 Å². The van der Waals surface area contributed by atoms with Gasteiger partial charge in [0.15, 0.2) is 0 Å². The molecule has 0 aliphatic carbocycles. The highest BCUT2D eigenvalue weighted by Crippen LogP contribution is 2.38. The van der Waals surface area contributed by atoms with E-state index in [2.05, 4.69) is 0 Å². The van der Waals surface area contributed by atoms with E-state index >= 15 is 0 Å². The van der Waals surface area contributed by atoms with Crippen LogP contribution in [0.1, 0.15) is 19.4 Å². The zero-order valence-electron chi connectivity index (χ0n) is 11.9. The number of ether oxygens (including phenoxy) is 1. The fourth-order valence-corrected chi connectivity index (χ4v) is 3.13. The van der Waals surface area contributed by atoms with Crippen LogP contribution in [0.2, 0.25) is 0 Å². The van der Waals surface area contributed by atoms with Gasteiger partial charge in [0.25, 0.3) is 0 Å². The summed E-state index contributed by atoms with van der Waals surface area (Å²) in [6.07, 6.45) is -0.835. The van der Waals surface area contributed by atoms with Crippen LogP contribution in [0.5, 0.6) is 5.75 Å². The van der Waals surface area contributed by atoms with Crippen LogP contribution in [-0.2, 0) is 21.0 Å². The first kappa shape index (κ1) is 15.0. The first-order chi connectivity index (χ1) is 10.2. The Kier molecular flexibility index (Phi) is 3.28. The predicted octanol–water partition coefficient (Wildman–Crippen LogP) is 1.69. The van der Waals surface area contributed by atoms with Gasteiger partial charge in [-0.3, -0.25) is 4.55 Å². The first-order valence-electron chi connectivity index (χ1n) is 6.56. The van der Waals surface area contributed by atoms with Crippen molar-refractivity contribution in [3.05, 3.63) is 40.2 Å². The van der Waals surface area contributed by atoms with Crippen molar-refractivity contribution in [2.45, 2.75) is 32.0 Å². The van der Waals surface area contributed by atoms with E-state index in [0.717, 1.165) is 0 Å². The quantitative estimate of drug-likeness (QED) is 0.661. The van der Waals surface area contributed by atoms with Crippen LogP contribution < -0.4 is 10.4 Å². The zero-order chi connectivity index (χ0) is 16.1. The molecule has 1 aliphatic rings. The van der Waals surface area contributed by atoms with Crippen molar-refractivity contribution < 1.29 is 26.3 Å². The Morgan fingerprint density at radius 2 is 1.95 bits per heavy atom. The molecule has 0 radical (unpaired) electrons. The first-order valence-corrected chi connectivity index (χ1v) is 7.93. The number of rotatable bonds is 2. The molecule has 22 heavy (non-hydrogen) atoms. The highest BCUT2D eigenvalue weighted by atomic mass is 32.3. The molecule has 0 saturated carbocycles. The van der Waals surface area contributed by atoms with Gasteiger partial charge >= 0.3 is 16.0 Å². The van der Waals surface area contributed by atoms with Crippen LogP contribution in [0.4, 0.5) is 0 Å². The summed E-state index contributed by atoms with van der Waals surface area (Å²) in [5.74, 6) is 0.488. The van der Waals surface area contributed by atoms with Crippen LogP contribution in [0.3, 0.4) is 0 Å². The zero-order valence-corrected chi connectivity index (χ0v) is 12.7. The molecule has 0 bridgehead atoms. The monoisotopic (exact) mass is 326 g/mol. The molecule has 1 unspecified atom stereocenters. The lowest BCUT2D eigenvalue weighted by molar-refractivity contribution is -0.0283. The van der Waals surface area contributed by atoms with E-state index in [9.17, 15) is 13.2 Å². The summed E-state index contributed by atoms with van der Waals surface area (Å²) in [4.78, 5) is 11.4. The average Bonchev–Trinajstić information content (AvgIpc) is 2.38. The highest BCUT2D eigenvalue weighted by Gasteiger charge is 2.41. The summed E-state index contributed by atoms with van der Waals surface area (Å²) in [6.45, 7) is 3.30. The van der Waals surface area contributed by atoms with E-state index in [1.54, 1.807) is 32.0 Å². The summed E-state index contributed by atoms with van der Waals surface area (Å²) in [5, 5.41) is 0.687. The van der Waals surface area contributed by atoms with E-state index in [1.807, 2.05) is 0 Å². The van der Waals surface area contributed by atoms with Crippen LogP contribution in [-0.4, -0.2) is 24.7 Å². The largest absolute Gasteiger partial charge is 0.485 e. The molecule has 0 fully saturated rings. The molecule has 1 aromatic heterocycles. The lowest BCUT2D eigenvalue weighted by Gasteiger charge is -2.38. The average molecular weight is 326 g/mol. The van der Waals surface area contributed by atoms with Crippen LogP contribution in [0, 0.1) is 0 Å². The number of benzene rings is 1. The minimum atomic E-state index is -4.63. The van der Waals surface area contributed by atoms with Crippen LogP contribution in [0.25, 0.3) is 11.0 Å². The molecule has 1 N–H and O–H groups in total. The summed E-state index contributed by atoms with van der Waals surface area (Å²) in [7, 11) is -4.63. The molecule has 3 rings (SSSR count). The van der Waals surface area contributed by atoms with Gasteiger partial charge in [0.05, 0.1) is 0 Å². The standard InChI is InChI=1S/C14H14O7S/c1-14(2)11(21-22(16,17)18)7-9-10(20-14)5-3-8-4-6-12(15)19-13(8)9/h3-6,11H,7H2,1-2H3,(H,16,17,18). The van der Waals surface area contributed by atoms with E-state index in [-0.39, 0.29) is 6.42 Å². The van der Waals surface area contributed by atoms with E-state index in [0.29, 0.717) is 22.3 Å². The summed E-state index contributed by atoms with van der Waals surface area (Å²) < 4.78 is 46.7. The maximum Gasteiger partial charge on any atom is 0.397 e. The third kappa shape index (κ3) is 2.72. The van der Waals surface area contributed by atoms with Crippen molar-refractivity contribution in [1.29, 1.82) is 0 Å². The minimum absolute atomic E-state index is 0.117. The van der Waals surface area contributed by atoms with Gasteiger partial charge in [-0.1, -0.05) is 0 Å². The molecule has 118 valence electrons. The van der Waals surface area contributed by atoms with Gasteiger partial charge < -0.3 is 9.15 Å². The van der Waals surface area contributed by atoms with Crippen molar-refractivity contribution in [1.82, 2.24) is 0 Å². The second-order valence-corrected chi connectivity index (χ2v) is 6.69. The molecule has 1 aliphatic heterocycles. The van der Waals surface area contributed by atoms with Crippen molar-refractivity contribution in [2.75, 3.05) is 0 Å². The summed E-state index contributed by atoms with van der Waals surface area (Å²) in [5.41, 5.74) is -0.642. The van der Waals surface area contributed by atoms with E-state index < -0.39 is 27.7 Å². The highest BCUT2D eigenvalue weighted by molar-refractivity contribution is 7.80. The molecule has 2 heterocycles. The maximum atomic E-state index is 11.4. The Balaban J connectivity index is 2.15. The number of fused-ring (bicyclic) bond motifs is 3. The van der Waals surface area contributed by atoms with Crippen molar-refractivity contribution in [3.8, 4) is 5.75 Å². The maximum absolute atomic E-state index is 11.4.